The summed E-state index contributed by atoms with van der Waals surface area (Å²) in [5.41, 5.74) is 8.96. The summed E-state index contributed by atoms with van der Waals surface area (Å²) in [6.45, 7) is 0. The van der Waals surface area contributed by atoms with Gasteiger partial charge in [-0.2, -0.15) is 0 Å². The molecule has 16 rings (SSSR count). The Morgan fingerprint density at radius 3 is 1.74 bits per heavy atom. The van der Waals surface area contributed by atoms with Gasteiger partial charge in [-0.05, 0) is 81.5 Å². The number of hydrogen-bond acceptors (Lipinski definition) is 6. The van der Waals surface area contributed by atoms with E-state index in [0.717, 1.165) is 88.1 Å². The summed E-state index contributed by atoms with van der Waals surface area (Å²) in [6, 6.07) is 73.2. The fourth-order valence-electron chi connectivity index (χ4n) is 11.3. The number of furan rings is 2. The van der Waals surface area contributed by atoms with E-state index in [1.165, 1.54) is 52.5 Å². The van der Waals surface area contributed by atoms with E-state index in [2.05, 4.69) is 187 Å². The lowest BCUT2D eigenvalue weighted by Crippen LogP contribution is -2.03. The lowest BCUT2D eigenvalue weighted by molar-refractivity contribution is 0.667. The molecule has 5 aromatic heterocycles. The number of fused-ring (bicyclic) bond motifs is 16. The van der Waals surface area contributed by atoms with E-state index in [0.29, 0.717) is 17.5 Å². The van der Waals surface area contributed by atoms with Crippen molar-refractivity contribution >= 4 is 130 Å². The highest BCUT2D eigenvalue weighted by atomic mass is 32.1. The number of rotatable bonds is 4. The Morgan fingerprint density at radius 2 is 0.929 bits per heavy atom. The molecule has 11 aromatic carbocycles. The summed E-state index contributed by atoms with van der Waals surface area (Å²) in [5, 5.41) is 15.7. The number of thiophene rings is 1. The van der Waals surface area contributed by atoms with Crippen molar-refractivity contribution in [2.45, 2.75) is 0 Å². The van der Waals surface area contributed by atoms with Crippen molar-refractivity contribution in [1.29, 1.82) is 0 Å². The zero-order valence-corrected chi connectivity index (χ0v) is 38.0. The number of hydrogen-bond donors (Lipinski definition) is 0. The minimum Gasteiger partial charge on any atom is -0.456 e. The largest absolute Gasteiger partial charge is 0.456 e. The Bertz CT molecular complexity index is 4790. The highest BCUT2D eigenvalue weighted by Gasteiger charge is 2.28. The fraction of sp³-hybridized carbons (Fsp3) is 0. The Labute approximate surface area is 401 Å². The maximum absolute atomic E-state index is 7.23. The molecule has 0 atom stereocenters. The van der Waals surface area contributed by atoms with Gasteiger partial charge < -0.3 is 13.4 Å². The molecule has 0 saturated carbocycles. The molecule has 0 unspecified atom stereocenters. The summed E-state index contributed by atoms with van der Waals surface area (Å²) in [7, 11) is 0. The topological polar surface area (TPSA) is 69.9 Å². The molecule has 0 saturated heterocycles. The van der Waals surface area contributed by atoms with Crippen molar-refractivity contribution < 1.29 is 8.83 Å². The molecule has 6 nitrogen and oxygen atoms in total. The van der Waals surface area contributed by atoms with Crippen LogP contribution in [0.1, 0.15) is 0 Å². The zero-order chi connectivity index (χ0) is 45.6. The predicted molar refractivity (Wildman–Crippen MR) is 290 cm³/mol. The average molecular weight is 911 g/mol. The molecule has 0 spiro atoms. The molecule has 70 heavy (non-hydrogen) atoms. The van der Waals surface area contributed by atoms with Gasteiger partial charge >= 0.3 is 0 Å². The number of para-hydroxylation sites is 2. The standard InChI is InChI=1S/C63H34N4O2S/c1-2-15-37-32-50-48(31-36(37)14-1)56-40-16-4-3-13-35(40)27-30-49(56)67(50)59-46-20-6-5-19-45(46)58(57-47-21-8-11-23-52(47)69-60(57)59)63-65-61(38-25-28-42-41-17-7-10-22-51(41)68-53(42)33-38)64-62(66-63)39-26-29-44-43-18-9-12-24-54(43)70-55(44)34-39/h1-34H. The molecule has 16 aromatic rings. The van der Waals surface area contributed by atoms with Crippen molar-refractivity contribution in [2.75, 3.05) is 0 Å². The molecule has 0 aliphatic heterocycles. The van der Waals surface area contributed by atoms with Gasteiger partial charge in [0.2, 0.25) is 0 Å². The van der Waals surface area contributed by atoms with Crippen LogP contribution in [-0.2, 0) is 0 Å². The second-order valence-corrected chi connectivity index (χ2v) is 19.3. The molecule has 324 valence electrons. The summed E-state index contributed by atoms with van der Waals surface area (Å²) < 4.78 is 18.5. The van der Waals surface area contributed by atoms with Crippen LogP contribution in [0.15, 0.2) is 215 Å². The van der Waals surface area contributed by atoms with Gasteiger partial charge in [0.25, 0.3) is 0 Å². The smallest absolute Gasteiger partial charge is 0.165 e. The highest BCUT2D eigenvalue weighted by molar-refractivity contribution is 7.25. The van der Waals surface area contributed by atoms with Gasteiger partial charge in [-0.3, -0.25) is 0 Å². The Hall–Kier alpha value is -9.17. The van der Waals surface area contributed by atoms with Crippen molar-refractivity contribution in [3.8, 4) is 39.9 Å². The van der Waals surface area contributed by atoms with Crippen molar-refractivity contribution in [2.24, 2.45) is 0 Å². The van der Waals surface area contributed by atoms with Gasteiger partial charge in [0.05, 0.1) is 16.7 Å². The molecular weight excluding hydrogens is 877 g/mol. The van der Waals surface area contributed by atoms with Gasteiger partial charge in [-0.25, -0.2) is 15.0 Å². The molecule has 0 fully saturated rings. The van der Waals surface area contributed by atoms with Gasteiger partial charge in [0, 0.05) is 74.6 Å². The monoisotopic (exact) mass is 910 g/mol. The number of benzene rings is 11. The summed E-state index contributed by atoms with van der Waals surface area (Å²) >= 11 is 1.79. The molecule has 5 heterocycles. The van der Waals surface area contributed by atoms with Crippen LogP contribution in [0, 0.1) is 0 Å². The van der Waals surface area contributed by atoms with Crippen LogP contribution in [-0.4, -0.2) is 19.5 Å². The van der Waals surface area contributed by atoms with Crippen LogP contribution in [0.2, 0.25) is 0 Å². The first-order chi connectivity index (χ1) is 34.7. The molecule has 0 bridgehead atoms. The first-order valence-electron chi connectivity index (χ1n) is 23.5. The maximum Gasteiger partial charge on any atom is 0.165 e. The lowest BCUT2D eigenvalue weighted by atomic mass is 9.95. The SMILES string of the molecule is c1ccc2cc3c(cc2c1)c1c2ccccc2ccc1n3-c1c2ccccc2c(-c2nc(-c3ccc4c(c3)oc3ccccc34)nc(-c3ccc4c(c3)sc3ccccc34)n2)c2c1oc1ccccc12. The minimum atomic E-state index is 0.550. The Morgan fingerprint density at radius 1 is 0.343 bits per heavy atom. The van der Waals surface area contributed by atoms with Gasteiger partial charge in [0.15, 0.2) is 23.1 Å². The number of nitrogens with zero attached hydrogens (tertiary/aromatic N) is 4. The summed E-state index contributed by atoms with van der Waals surface area (Å²) in [5.74, 6) is 1.69. The third kappa shape index (κ3) is 5.35. The molecule has 0 aliphatic rings. The second kappa shape index (κ2) is 14.2. The Kier molecular flexibility index (Phi) is 7.67. The zero-order valence-electron chi connectivity index (χ0n) is 37.1. The average Bonchev–Trinajstić information content (AvgIpc) is 4.18. The highest BCUT2D eigenvalue weighted by Crippen LogP contribution is 2.49. The summed E-state index contributed by atoms with van der Waals surface area (Å²) in [6.07, 6.45) is 0. The maximum atomic E-state index is 7.23. The molecule has 0 aliphatic carbocycles. The van der Waals surface area contributed by atoms with E-state index >= 15 is 0 Å². The van der Waals surface area contributed by atoms with Crippen LogP contribution in [0.5, 0.6) is 0 Å². The first kappa shape index (κ1) is 37.9. The minimum absolute atomic E-state index is 0.550. The molecule has 0 radical (unpaired) electrons. The molecule has 0 amide bonds. The van der Waals surface area contributed by atoms with E-state index in [4.69, 9.17) is 23.8 Å². The van der Waals surface area contributed by atoms with Crippen molar-refractivity contribution in [3.05, 3.63) is 206 Å². The van der Waals surface area contributed by atoms with Crippen LogP contribution in [0.25, 0.3) is 158 Å². The van der Waals surface area contributed by atoms with Gasteiger partial charge in [0.1, 0.15) is 16.7 Å². The van der Waals surface area contributed by atoms with E-state index in [-0.39, 0.29) is 0 Å². The summed E-state index contributed by atoms with van der Waals surface area (Å²) in [4.78, 5) is 16.3. The van der Waals surface area contributed by atoms with E-state index in [1.807, 2.05) is 24.3 Å². The molecular formula is C63H34N4O2S. The molecule has 0 N–H and O–H groups in total. The molecule has 7 heteroatoms. The van der Waals surface area contributed by atoms with E-state index < -0.39 is 0 Å². The fourth-order valence-corrected chi connectivity index (χ4v) is 12.4. The lowest BCUT2D eigenvalue weighted by Gasteiger charge is -2.17. The van der Waals surface area contributed by atoms with Crippen LogP contribution >= 0.6 is 11.3 Å². The van der Waals surface area contributed by atoms with Gasteiger partial charge in [-0.15, -0.1) is 11.3 Å². The first-order valence-corrected chi connectivity index (χ1v) is 24.3. The van der Waals surface area contributed by atoms with Crippen molar-refractivity contribution in [3.63, 3.8) is 0 Å². The van der Waals surface area contributed by atoms with E-state index in [9.17, 15) is 0 Å². The normalized spacial score (nSPS) is 12.3. The number of aromatic nitrogens is 4. The third-order valence-electron chi connectivity index (χ3n) is 14.4. The van der Waals surface area contributed by atoms with Crippen LogP contribution in [0.4, 0.5) is 0 Å². The van der Waals surface area contributed by atoms with E-state index in [1.54, 1.807) is 11.3 Å². The van der Waals surface area contributed by atoms with Crippen molar-refractivity contribution in [1.82, 2.24) is 19.5 Å². The van der Waals surface area contributed by atoms with Gasteiger partial charge in [-0.1, -0.05) is 152 Å². The third-order valence-corrected chi connectivity index (χ3v) is 15.5. The Balaban J connectivity index is 1.03. The van der Waals surface area contributed by atoms with Crippen LogP contribution in [0.3, 0.4) is 0 Å². The quantitative estimate of drug-likeness (QED) is 0.176. The predicted octanol–water partition coefficient (Wildman–Crippen LogP) is 17.6. The van der Waals surface area contributed by atoms with Crippen LogP contribution < -0.4 is 0 Å². The second-order valence-electron chi connectivity index (χ2n) is 18.2.